The summed E-state index contributed by atoms with van der Waals surface area (Å²) in [6.45, 7) is 1.74. The van der Waals surface area contributed by atoms with Crippen LogP contribution in [0.25, 0.3) is 0 Å². The summed E-state index contributed by atoms with van der Waals surface area (Å²) in [6.07, 6.45) is 0. The second-order valence-electron chi connectivity index (χ2n) is 9.14. The second-order valence-corrected chi connectivity index (χ2v) is 13.1. The molecule has 0 fully saturated rings. The van der Waals surface area contributed by atoms with Crippen molar-refractivity contribution in [1.82, 2.24) is 0 Å². The highest BCUT2D eigenvalue weighted by Gasteiger charge is 2.28. The number of anilines is 3. The molecule has 11 nitrogen and oxygen atoms in total. The largest absolute Gasteiger partial charge is 0.494 e. The molecule has 4 aromatic rings. The molecular weight excluding hydrogens is 630 g/mol. The summed E-state index contributed by atoms with van der Waals surface area (Å²) < 4.78 is 72.5. The van der Waals surface area contributed by atoms with E-state index in [1.807, 2.05) is 6.92 Å². The summed E-state index contributed by atoms with van der Waals surface area (Å²) in [5.41, 5.74) is 0.805. The molecule has 0 unspecified atom stereocenters. The van der Waals surface area contributed by atoms with Crippen LogP contribution in [-0.2, 0) is 24.8 Å². The SMILES string of the molecule is CCOc1ccc(NS(=O)(=O)c2ccc(NC(=O)CN(c3ccc(Cl)cc3)S(=O)(=O)c3ccc(OC)c(OC)c3)cc2)cc1. The van der Waals surface area contributed by atoms with Gasteiger partial charge < -0.3 is 19.5 Å². The molecule has 0 aliphatic heterocycles. The van der Waals surface area contributed by atoms with Gasteiger partial charge in [-0.25, -0.2) is 16.8 Å². The fourth-order valence-electron chi connectivity index (χ4n) is 4.07. The van der Waals surface area contributed by atoms with Crippen molar-refractivity contribution in [2.45, 2.75) is 16.7 Å². The monoisotopic (exact) mass is 659 g/mol. The molecule has 44 heavy (non-hydrogen) atoms. The van der Waals surface area contributed by atoms with Crippen LogP contribution in [0.3, 0.4) is 0 Å². The Morgan fingerprint density at radius 3 is 1.95 bits per heavy atom. The Morgan fingerprint density at radius 2 is 1.36 bits per heavy atom. The maximum atomic E-state index is 13.8. The zero-order valence-electron chi connectivity index (χ0n) is 24.0. The number of hydrogen-bond acceptors (Lipinski definition) is 8. The van der Waals surface area contributed by atoms with E-state index in [1.165, 1.54) is 80.9 Å². The molecule has 232 valence electrons. The average Bonchev–Trinajstić information content (AvgIpc) is 3.01. The van der Waals surface area contributed by atoms with E-state index in [0.717, 1.165) is 4.31 Å². The number of carbonyl (C=O) groups is 1. The number of halogens is 1. The predicted molar refractivity (Wildman–Crippen MR) is 169 cm³/mol. The van der Waals surface area contributed by atoms with Crippen molar-refractivity contribution in [2.24, 2.45) is 0 Å². The van der Waals surface area contributed by atoms with Crippen molar-refractivity contribution >= 4 is 54.6 Å². The maximum Gasteiger partial charge on any atom is 0.264 e. The lowest BCUT2D eigenvalue weighted by Crippen LogP contribution is -2.38. The molecule has 2 N–H and O–H groups in total. The first-order valence-corrected chi connectivity index (χ1v) is 16.4. The van der Waals surface area contributed by atoms with E-state index in [1.54, 1.807) is 24.3 Å². The third kappa shape index (κ3) is 7.73. The molecular formula is C30H30ClN3O8S2. The third-order valence-corrected chi connectivity index (χ3v) is 9.63. The molecule has 0 aromatic heterocycles. The predicted octanol–water partition coefficient (Wildman–Crippen LogP) is 5.39. The van der Waals surface area contributed by atoms with Gasteiger partial charge in [-0.2, -0.15) is 0 Å². The van der Waals surface area contributed by atoms with E-state index in [-0.39, 0.29) is 26.9 Å². The quantitative estimate of drug-likeness (QED) is 0.195. The molecule has 0 saturated heterocycles. The molecule has 0 heterocycles. The van der Waals surface area contributed by atoms with Crippen LogP contribution in [0.1, 0.15) is 6.92 Å². The van der Waals surface area contributed by atoms with Gasteiger partial charge in [0.25, 0.3) is 20.0 Å². The number of methoxy groups -OCH3 is 2. The van der Waals surface area contributed by atoms with Crippen molar-refractivity contribution < 1.29 is 35.8 Å². The molecule has 0 saturated carbocycles. The van der Waals surface area contributed by atoms with Crippen molar-refractivity contribution in [3.8, 4) is 17.2 Å². The summed E-state index contributed by atoms with van der Waals surface area (Å²) in [4.78, 5) is 13.0. The zero-order chi connectivity index (χ0) is 31.9. The number of nitrogens with one attached hydrogen (secondary N) is 2. The van der Waals surface area contributed by atoms with E-state index in [2.05, 4.69) is 10.0 Å². The first-order chi connectivity index (χ1) is 21.0. The van der Waals surface area contributed by atoms with E-state index >= 15 is 0 Å². The number of benzene rings is 4. The van der Waals surface area contributed by atoms with Gasteiger partial charge in [-0.05, 0) is 91.9 Å². The van der Waals surface area contributed by atoms with Crippen LogP contribution in [0.5, 0.6) is 17.2 Å². The summed E-state index contributed by atoms with van der Waals surface area (Å²) >= 11 is 6.01. The highest BCUT2D eigenvalue weighted by atomic mass is 35.5. The van der Waals surface area contributed by atoms with Crippen molar-refractivity contribution in [1.29, 1.82) is 0 Å². The van der Waals surface area contributed by atoms with Crippen LogP contribution in [0.2, 0.25) is 5.02 Å². The fraction of sp³-hybridized carbons (Fsp3) is 0.167. The molecule has 0 bridgehead atoms. The molecule has 0 radical (unpaired) electrons. The minimum Gasteiger partial charge on any atom is -0.494 e. The Bertz CT molecular complexity index is 1820. The highest BCUT2D eigenvalue weighted by molar-refractivity contribution is 7.93. The number of hydrogen-bond donors (Lipinski definition) is 2. The second kappa shape index (κ2) is 13.9. The summed E-state index contributed by atoms with van der Waals surface area (Å²) in [5.74, 6) is 0.470. The van der Waals surface area contributed by atoms with Gasteiger partial charge in [-0.3, -0.25) is 13.8 Å². The first-order valence-electron chi connectivity index (χ1n) is 13.1. The highest BCUT2D eigenvalue weighted by Crippen LogP contribution is 2.32. The van der Waals surface area contributed by atoms with Crippen LogP contribution in [-0.4, -0.2) is 50.1 Å². The molecule has 0 aliphatic rings. The molecule has 4 rings (SSSR count). The topological polar surface area (TPSA) is 140 Å². The number of rotatable bonds is 13. The van der Waals surface area contributed by atoms with Gasteiger partial charge in [0.05, 0.1) is 36.3 Å². The van der Waals surface area contributed by atoms with E-state index in [0.29, 0.717) is 28.8 Å². The van der Waals surface area contributed by atoms with Crippen LogP contribution in [0.4, 0.5) is 17.1 Å². The van der Waals surface area contributed by atoms with E-state index < -0.39 is 32.5 Å². The average molecular weight is 660 g/mol. The van der Waals surface area contributed by atoms with Crippen LogP contribution < -0.4 is 28.6 Å². The van der Waals surface area contributed by atoms with Gasteiger partial charge in [0.1, 0.15) is 12.3 Å². The van der Waals surface area contributed by atoms with E-state index in [4.69, 9.17) is 25.8 Å². The maximum absolute atomic E-state index is 13.8. The van der Waals surface area contributed by atoms with Crippen LogP contribution >= 0.6 is 11.6 Å². The van der Waals surface area contributed by atoms with E-state index in [9.17, 15) is 21.6 Å². The summed E-state index contributed by atoms with van der Waals surface area (Å²) in [5, 5.41) is 3.00. The van der Waals surface area contributed by atoms with Crippen molar-refractivity contribution in [3.63, 3.8) is 0 Å². The number of carbonyl (C=O) groups excluding carboxylic acids is 1. The lowest BCUT2D eigenvalue weighted by molar-refractivity contribution is -0.114. The number of sulfonamides is 2. The molecule has 1 amide bonds. The number of ether oxygens (including phenoxy) is 3. The molecule has 0 spiro atoms. The van der Waals surface area contributed by atoms with Crippen LogP contribution in [0.15, 0.2) is 101 Å². The Hall–Kier alpha value is -4.46. The van der Waals surface area contributed by atoms with Crippen molar-refractivity contribution in [2.75, 3.05) is 41.7 Å². The smallest absolute Gasteiger partial charge is 0.264 e. The summed E-state index contributed by atoms with van der Waals surface area (Å²) in [7, 11) is -5.39. The first kappa shape index (κ1) is 32.5. The Balaban J connectivity index is 1.52. The summed E-state index contributed by atoms with van der Waals surface area (Å²) in [6, 6.07) is 22.0. The zero-order valence-corrected chi connectivity index (χ0v) is 26.4. The number of amides is 1. The van der Waals surface area contributed by atoms with Gasteiger partial charge in [-0.1, -0.05) is 11.6 Å². The molecule has 4 aromatic carbocycles. The standard InChI is InChI=1S/C30H30ClN3O8S2/c1-4-42-25-13-7-23(8-14-25)33-43(36,37)26-15-9-22(10-16-26)32-30(35)20-34(24-11-5-21(31)6-12-24)44(38,39)27-17-18-28(40-2)29(19-27)41-3/h5-19,33H,4,20H2,1-3H3,(H,32,35). The Labute approximate surface area is 261 Å². The normalized spacial score (nSPS) is 11.4. The molecule has 14 heteroatoms. The van der Waals surface area contributed by atoms with Gasteiger partial charge in [-0.15, -0.1) is 0 Å². The third-order valence-electron chi connectivity index (χ3n) is 6.21. The lowest BCUT2D eigenvalue weighted by Gasteiger charge is -2.24. The molecule has 0 atom stereocenters. The fourth-order valence-corrected chi connectivity index (χ4v) is 6.70. The Morgan fingerprint density at radius 1 is 0.773 bits per heavy atom. The Kier molecular flexibility index (Phi) is 10.2. The lowest BCUT2D eigenvalue weighted by atomic mass is 10.3. The van der Waals surface area contributed by atoms with Gasteiger partial charge in [0, 0.05) is 22.5 Å². The van der Waals surface area contributed by atoms with Gasteiger partial charge in [0.2, 0.25) is 5.91 Å². The minimum atomic E-state index is -4.28. The minimum absolute atomic E-state index is 0.0387. The van der Waals surface area contributed by atoms with Crippen molar-refractivity contribution in [3.05, 3.63) is 96.0 Å². The molecule has 0 aliphatic carbocycles. The van der Waals surface area contributed by atoms with Gasteiger partial charge in [0.15, 0.2) is 11.5 Å². The van der Waals surface area contributed by atoms with Crippen LogP contribution in [0, 0.1) is 0 Å². The van der Waals surface area contributed by atoms with Gasteiger partial charge >= 0.3 is 0 Å². The number of nitrogens with zero attached hydrogens (tertiary/aromatic N) is 1.